The zero-order valence-corrected chi connectivity index (χ0v) is 22.9. The predicted molar refractivity (Wildman–Crippen MR) is 140 cm³/mol. The highest BCUT2D eigenvalue weighted by molar-refractivity contribution is 6.34. The van der Waals surface area contributed by atoms with Crippen molar-refractivity contribution in [3.63, 3.8) is 0 Å². The fraction of sp³-hybridized carbons (Fsp3) is 0.607. The second kappa shape index (κ2) is 10.0. The first kappa shape index (κ1) is 27.6. The van der Waals surface area contributed by atoms with Crippen LogP contribution in [0.1, 0.15) is 41.0 Å². The Bertz CT molecular complexity index is 1090. The van der Waals surface area contributed by atoms with Crippen molar-refractivity contribution in [3.05, 3.63) is 41.9 Å². The lowest BCUT2D eigenvalue weighted by Gasteiger charge is -2.40. The molecule has 2 bridgehead atoms. The zero-order valence-electron chi connectivity index (χ0n) is 22.1. The second-order valence-electron chi connectivity index (χ2n) is 10.9. The van der Waals surface area contributed by atoms with Crippen molar-refractivity contribution in [3.8, 4) is 0 Å². The van der Waals surface area contributed by atoms with E-state index in [1.165, 1.54) is 9.80 Å². The van der Waals surface area contributed by atoms with Crippen LogP contribution in [0, 0.1) is 23.7 Å². The number of likely N-dealkylation sites (tertiary alicyclic amines) is 1. The molecule has 37 heavy (non-hydrogen) atoms. The van der Waals surface area contributed by atoms with Gasteiger partial charge in [0.2, 0.25) is 5.91 Å². The first-order valence-corrected chi connectivity index (χ1v) is 13.3. The highest BCUT2D eigenvalue weighted by atomic mass is 35.5. The predicted octanol–water partition coefficient (Wildman–Crippen LogP) is 3.45. The van der Waals surface area contributed by atoms with Crippen LogP contribution in [0.2, 0.25) is 5.02 Å². The van der Waals surface area contributed by atoms with Gasteiger partial charge in [-0.3, -0.25) is 14.4 Å². The number of amides is 2. The third-order valence-electron chi connectivity index (χ3n) is 8.56. The number of aliphatic hydroxyl groups excluding tert-OH is 1. The summed E-state index contributed by atoms with van der Waals surface area (Å²) in [5.41, 5.74) is -1.72. The Morgan fingerprint density at radius 3 is 2.62 bits per heavy atom. The van der Waals surface area contributed by atoms with Gasteiger partial charge < -0.3 is 24.4 Å². The summed E-state index contributed by atoms with van der Waals surface area (Å²) >= 11 is 6.50. The van der Waals surface area contributed by atoms with E-state index in [2.05, 4.69) is 6.58 Å². The summed E-state index contributed by atoms with van der Waals surface area (Å²) < 4.78 is 12.1. The lowest BCUT2D eigenvalue weighted by Crippen LogP contribution is -2.60. The first-order chi connectivity index (χ1) is 17.5. The average molecular weight is 533 g/mol. The van der Waals surface area contributed by atoms with E-state index in [1.807, 2.05) is 27.7 Å². The molecule has 3 unspecified atom stereocenters. The zero-order chi connectivity index (χ0) is 27.3. The number of carbonyl (C=O) groups excluding carboxylic acids is 3. The Hall–Kier alpha value is -2.42. The monoisotopic (exact) mass is 532 g/mol. The minimum Gasteiger partial charge on any atom is -0.466 e. The highest BCUT2D eigenvalue weighted by Crippen LogP contribution is 2.66. The van der Waals surface area contributed by atoms with Gasteiger partial charge in [-0.15, -0.1) is 6.58 Å². The minimum atomic E-state index is -1.25. The molecule has 0 aliphatic carbocycles. The third-order valence-corrected chi connectivity index (χ3v) is 8.88. The normalized spacial score (nSPS) is 33.0. The van der Waals surface area contributed by atoms with Crippen molar-refractivity contribution in [1.29, 1.82) is 0 Å². The SMILES string of the molecule is C=CCN(C(=O)C1N([C@@H](CO)C(C)C)C(=O)[C@@H]2[C@H](C(=O)OCC)[C@@]3(C)OC12CC3C)c1ccccc1Cl. The Kier molecular flexibility index (Phi) is 7.49. The molecule has 1 N–H and O–H groups in total. The molecule has 0 radical (unpaired) electrons. The van der Waals surface area contributed by atoms with Crippen LogP contribution >= 0.6 is 11.6 Å². The lowest BCUT2D eigenvalue weighted by molar-refractivity contribution is -0.162. The Labute approximate surface area is 223 Å². The Morgan fingerprint density at radius 1 is 1.38 bits per heavy atom. The van der Waals surface area contributed by atoms with Gasteiger partial charge >= 0.3 is 5.97 Å². The van der Waals surface area contributed by atoms with Crippen LogP contribution in [-0.2, 0) is 23.9 Å². The maximum absolute atomic E-state index is 14.6. The molecule has 7 atom stereocenters. The topological polar surface area (TPSA) is 96.4 Å². The summed E-state index contributed by atoms with van der Waals surface area (Å²) in [7, 11) is 0. The van der Waals surface area contributed by atoms with Crippen LogP contribution < -0.4 is 4.90 Å². The number of rotatable bonds is 9. The van der Waals surface area contributed by atoms with E-state index in [-0.39, 0.29) is 43.4 Å². The van der Waals surface area contributed by atoms with Gasteiger partial charge in [0.15, 0.2) is 0 Å². The van der Waals surface area contributed by atoms with E-state index in [4.69, 9.17) is 21.1 Å². The van der Waals surface area contributed by atoms with Gasteiger partial charge in [-0.25, -0.2) is 0 Å². The summed E-state index contributed by atoms with van der Waals surface area (Å²) in [5, 5.41) is 10.8. The highest BCUT2D eigenvalue weighted by Gasteiger charge is 2.81. The molecule has 3 heterocycles. The van der Waals surface area contributed by atoms with E-state index < -0.39 is 41.1 Å². The van der Waals surface area contributed by atoms with E-state index >= 15 is 0 Å². The first-order valence-electron chi connectivity index (χ1n) is 13.0. The number of fused-ring (bicyclic) bond motifs is 1. The van der Waals surface area contributed by atoms with Crippen molar-refractivity contribution in [2.75, 3.05) is 24.7 Å². The van der Waals surface area contributed by atoms with E-state index in [9.17, 15) is 19.5 Å². The molecule has 8 nitrogen and oxygen atoms in total. The Morgan fingerprint density at radius 2 is 2.05 bits per heavy atom. The molecule has 3 aliphatic rings. The second-order valence-corrected chi connectivity index (χ2v) is 11.3. The molecule has 2 amide bonds. The maximum Gasteiger partial charge on any atom is 0.312 e. The van der Waals surface area contributed by atoms with E-state index in [0.717, 1.165) is 0 Å². The average Bonchev–Trinajstić information content (AvgIpc) is 3.35. The largest absolute Gasteiger partial charge is 0.466 e. The molecule has 0 aromatic heterocycles. The summed E-state index contributed by atoms with van der Waals surface area (Å²) in [6, 6.07) is 5.28. The standard InChI is InChI=1S/C28H37ClN2O6/c1-7-13-30(19-12-10-9-11-18(19)29)25(34)23-28-14-17(5)27(6,37-28)22(26(35)36-8-2)21(28)24(33)31(23)20(15-32)16(3)4/h7,9-12,16-17,20-23,32H,1,8,13-15H2,2-6H3/t17?,20-,21-,22+,23?,27-,28?/m0/s1. The number of halogens is 1. The summed E-state index contributed by atoms with van der Waals surface area (Å²) in [4.78, 5) is 45.1. The fourth-order valence-electron chi connectivity index (χ4n) is 6.78. The van der Waals surface area contributed by atoms with E-state index in [0.29, 0.717) is 17.1 Å². The number of aliphatic hydroxyl groups is 1. The number of benzene rings is 1. The van der Waals surface area contributed by atoms with Crippen LogP contribution in [0.15, 0.2) is 36.9 Å². The molecule has 3 fully saturated rings. The molecule has 202 valence electrons. The number of nitrogens with zero attached hydrogens (tertiary/aromatic N) is 2. The number of carbonyl (C=O) groups is 3. The number of hydrogen-bond acceptors (Lipinski definition) is 6. The molecule has 0 saturated carbocycles. The quantitative estimate of drug-likeness (QED) is 0.386. The van der Waals surface area contributed by atoms with Gasteiger partial charge in [-0.05, 0) is 44.2 Å². The maximum atomic E-state index is 14.6. The molecule has 4 rings (SSSR count). The molecule has 3 aliphatic heterocycles. The molecule has 1 spiro atoms. The molecule has 9 heteroatoms. The molecule has 1 aromatic rings. The van der Waals surface area contributed by atoms with Crippen molar-refractivity contribution in [1.82, 2.24) is 4.90 Å². The van der Waals surface area contributed by atoms with Crippen LogP contribution in [0.25, 0.3) is 0 Å². The smallest absolute Gasteiger partial charge is 0.312 e. The molecule has 1 aromatic carbocycles. The van der Waals surface area contributed by atoms with Crippen LogP contribution in [0.4, 0.5) is 5.69 Å². The van der Waals surface area contributed by atoms with Crippen molar-refractivity contribution < 1.29 is 29.0 Å². The fourth-order valence-corrected chi connectivity index (χ4v) is 7.02. The summed E-state index contributed by atoms with van der Waals surface area (Å²) in [5.74, 6) is -3.26. The summed E-state index contributed by atoms with van der Waals surface area (Å²) in [6.07, 6.45) is 2.02. The van der Waals surface area contributed by atoms with Gasteiger partial charge in [0.25, 0.3) is 5.91 Å². The van der Waals surface area contributed by atoms with Gasteiger partial charge in [0, 0.05) is 6.54 Å². The van der Waals surface area contributed by atoms with Crippen molar-refractivity contribution in [2.45, 2.75) is 64.3 Å². The number of esters is 1. The molecular formula is C28H37ClN2O6. The van der Waals surface area contributed by atoms with Gasteiger partial charge in [-0.2, -0.15) is 0 Å². The van der Waals surface area contributed by atoms with E-state index in [1.54, 1.807) is 37.3 Å². The van der Waals surface area contributed by atoms with Crippen molar-refractivity contribution >= 4 is 35.1 Å². The van der Waals surface area contributed by atoms with Gasteiger partial charge in [-0.1, -0.05) is 50.6 Å². The Balaban J connectivity index is 1.91. The number of hydrogen-bond donors (Lipinski definition) is 1. The minimum absolute atomic E-state index is 0.110. The summed E-state index contributed by atoms with van der Waals surface area (Å²) in [6.45, 7) is 13.1. The number of para-hydroxylation sites is 1. The van der Waals surface area contributed by atoms with Gasteiger partial charge in [0.1, 0.15) is 17.6 Å². The van der Waals surface area contributed by atoms with Crippen LogP contribution in [0.5, 0.6) is 0 Å². The third kappa shape index (κ3) is 3.99. The molecule has 3 saturated heterocycles. The number of ether oxygens (including phenoxy) is 2. The van der Waals surface area contributed by atoms with Crippen LogP contribution in [-0.4, -0.2) is 70.8 Å². The van der Waals surface area contributed by atoms with Crippen LogP contribution in [0.3, 0.4) is 0 Å². The lowest BCUT2D eigenvalue weighted by atomic mass is 9.62. The number of anilines is 1. The molecular weight excluding hydrogens is 496 g/mol. The van der Waals surface area contributed by atoms with Gasteiger partial charge in [0.05, 0.1) is 41.5 Å². The van der Waals surface area contributed by atoms with Crippen molar-refractivity contribution in [2.24, 2.45) is 23.7 Å².